The molecule has 0 aliphatic carbocycles. The molecular formula is C7H8O3. The summed E-state index contributed by atoms with van der Waals surface area (Å²) in [4.78, 5) is 4.01. The largest absolute Gasteiger partial charge is 0.493 e. The third-order valence-electron chi connectivity index (χ3n) is 1.17. The van der Waals surface area contributed by atoms with Crippen LogP contribution in [0.15, 0.2) is 24.3 Å². The van der Waals surface area contributed by atoms with E-state index in [-0.39, 0.29) is 0 Å². The van der Waals surface area contributed by atoms with Gasteiger partial charge in [0.05, 0.1) is 7.11 Å². The van der Waals surface area contributed by atoms with E-state index in [2.05, 4.69) is 4.89 Å². The van der Waals surface area contributed by atoms with Crippen LogP contribution >= 0.6 is 0 Å². The quantitative estimate of drug-likeness (QED) is 0.500. The number of hydrogen-bond donors (Lipinski definition) is 1. The third-order valence-corrected chi connectivity index (χ3v) is 1.17. The fourth-order valence-electron chi connectivity index (χ4n) is 0.694. The molecule has 1 aromatic rings. The number of ether oxygens (including phenoxy) is 1. The van der Waals surface area contributed by atoms with Crippen LogP contribution in [0.3, 0.4) is 0 Å². The van der Waals surface area contributed by atoms with Crippen molar-refractivity contribution in [2.45, 2.75) is 0 Å². The predicted octanol–water partition coefficient (Wildman–Crippen LogP) is 1.55. The van der Waals surface area contributed by atoms with Gasteiger partial charge in [-0.1, -0.05) is 12.1 Å². The molecule has 0 aliphatic heterocycles. The molecule has 0 heterocycles. The summed E-state index contributed by atoms with van der Waals surface area (Å²) in [7, 11) is 1.51. The van der Waals surface area contributed by atoms with Gasteiger partial charge in [-0.25, -0.2) is 5.26 Å². The van der Waals surface area contributed by atoms with Crippen LogP contribution < -0.4 is 9.62 Å². The minimum atomic E-state index is 0.324. The van der Waals surface area contributed by atoms with Crippen LogP contribution in [-0.4, -0.2) is 12.4 Å². The molecule has 0 amide bonds. The van der Waals surface area contributed by atoms with Crippen molar-refractivity contribution < 1.29 is 14.9 Å². The maximum absolute atomic E-state index is 8.27. The SMILES string of the molecule is COc1ccccc1OO. The van der Waals surface area contributed by atoms with E-state index in [9.17, 15) is 0 Å². The second-order valence-electron chi connectivity index (χ2n) is 1.74. The molecule has 0 saturated heterocycles. The smallest absolute Gasteiger partial charge is 0.206 e. The van der Waals surface area contributed by atoms with Gasteiger partial charge in [-0.2, -0.15) is 0 Å². The Morgan fingerprint density at radius 3 is 2.20 bits per heavy atom. The maximum Gasteiger partial charge on any atom is 0.206 e. The van der Waals surface area contributed by atoms with Gasteiger partial charge in [0.2, 0.25) is 5.75 Å². The molecule has 0 radical (unpaired) electrons. The van der Waals surface area contributed by atoms with Gasteiger partial charge >= 0.3 is 0 Å². The average Bonchev–Trinajstić information content (AvgIpc) is 2.04. The Balaban J connectivity index is 2.96. The summed E-state index contributed by atoms with van der Waals surface area (Å²) in [5, 5.41) is 8.27. The van der Waals surface area contributed by atoms with Crippen LogP contribution in [0.25, 0.3) is 0 Å². The fourth-order valence-corrected chi connectivity index (χ4v) is 0.694. The third kappa shape index (κ3) is 1.19. The van der Waals surface area contributed by atoms with Crippen molar-refractivity contribution in [3.63, 3.8) is 0 Å². The van der Waals surface area contributed by atoms with Crippen LogP contribution in [0.2, 0.25) is 0 Å². The summed E-state index contributed by atoms with van der Waals surface area (Å²) in [6.45, 7) is 0. The second kappa shape index (κ2) is 3.08. The average molecular weight is 140 g/mol. The van der Waals surface area contributed by atoms with E-state index in [1.807, 2.05) is 0 Å². The molecule has 0 aliphatic rings. The minimum Gasteiger partial charge on any atom is -0.493 e. The Kier molecular flexibility index (Phi) is 2.12. The van der Waals surface area contributed by atoms with Crippen molar-refractivity contribution in [2.75, 3.05) is 7.11 Å². The first kappa shape index (κ1) is 6.89. The molecule has 1 N–H and O–H groups in total. The standard InChI is InChI=1S/C7H8O3/c1-9-6-4-2-3-5-7(6)10-8/h2-5,8H,1H3. The van der Waals surface area contributed by atoms with E-state index in [4.69, 9.17) is 9.99 Å². The van der Waals surface area contributed by atoms with Gasteiger partial charge in [-0.15, -0.1) is 0 Å². The molecule has 0 bridgehead atoms. The summed E-state index contributed by atoms with van der Waals surface area (Å²) in [6, 6.07) is 6.85. The first-order valence-electron chi connectivity index (χ1n) is 2.83. The molecular weight excluding hydrogens is 132 g/mol. The second-order valence-corrected chi connectivity index (χ2v) is 1.74. The first-order valence-corrected chi connectivity index (χ1v) is 2.83. The summed E-state index contributed by atoms with van der Waals surface area (Å²) in [6.07, 6.45) is 0. The van der Waals surface area contributed by atoms with Crippen molar-refractivity contribution in [1.29, 1.82) is 0 Å². The number of rotatable bonds is 2. The van der Waals surface area contributed by atoms with E-state index in [0.717, 1.165) is 0 Å². The van der Waals surface area contributed by atoms with E-state index in [0.29, 0.717) is 11.5 Å². The van der Waals surface area contributed by atoms with E-state index in [1.165, 1.54) is 7.11 Å². The summed E-state index contributed by atoms with van der Waals surface area (Å²) < 4.78 is 4.85. The predicted molar refractivity (Wildman–Crippen MR) is 36.3 cm³/mol. The number of benzene rings is 1. The normalized spacial score (nSPS) is 9.00. The van der Waals surface area contributed by atoms with E-state index >= 15 is 0 Å². The molecule has 3 heteroatoms. The number of hydrogen-bond acceptors (Lipinski definition) is 3. The molecule has 10 heavy (non-hydrogen) atoms. The van der Waals surface area contributed by atoms with Gasteiger partial charge in [0.15, 0.2) is 5.75 Å². The monoisotopic (exact) mass is 140 g/mol. The highest BCUT2D eigenvalue weighted by Crippen LogP contribution is 2.24. The molecule has 0 unspecified atom stereocenters. The zero-order chi connectivity index (χ0) is 7.40. The molecule has 1 rings (SSSR count). The van der Waals surface area contributed by atoms with Gasteiger partial charge in [-0.3, -0.25) is 0 Å². The van der Waals surface area contributed by atoms with Gasteiger partial charge in [-0.05, 0) is 12.1 Å². The lowest BCUT2D eigenvalue weighted by Gasteiger charge is -2.02. The van der Waals surface area contributed by atoms with Crippen LogP contribution in [-0.2, 0) is 0 Å². The zero-order valence-corrected chi connectivity index (χ0v) is 5.57. The van der Waals surface area contributed by atoms with Gasteiger partial charge < -0.3 is 9.62 Å². The topological polar surface area (TPSA) is 38.7 Å². The molecule has 1 aromatic carbocycles. The Bertz CT molecular complexity index is 187. The lowest BCUT2D eigenvalue weighted by atomic mass is 10.3. The fraction of sp³-hybridized carbons (Fsp3) is 0.143. The van der Waals surface area contributed by atoms with E-state index < -0.39 is 0 Å². The lowest BCUT2D eigenvalue weighted by molar-refractivity contribution is -0.139. The molecule has 0 spiro atoms. The van der Waals surface area contributed by atoms with Crippen molar-refractivity contribution in [3.8, 4) is 11.5 Å². The Morgan fingerprint density at radius 2 is 1.80 bits per heavy atom. The zero-order valence-electron chi connectivity index (χ0n) is 5.57. The number of para-hydroxylation sites is 2. The van der Waals surface area contributed by atoms with Crippen molar-refractivity contribution >= 4 is 0 Å². The van der Waals surface area contributed by atoms with Crippen LogP contribution in [0.5, 0.6) is 11.5 Å². The molecule has 0 atom stereocenters. The summed E-state index contributed by atoms with van der Waals surface area (Å²) in [5.41, 5.74) is 0. The van der Waals surface area contributed by atoms with Crippen LogP contribution in [0.1, 0.15) is 0 Å². The highest BCUT2D eigenvalue weighted by molar-refractivity contribution is 5.38. The van der Waals surface area contributed by atoms with Gasteiger partial charge in [0.25, 0.3) is 0 Å². The number of methoxy groups -OCH3 is 1. The molecule has 54 valence electrons. The molecule has 3 nitrogen and oxygen atoms in total. The highest BCUT2D eigenvalue weighted by Gasteiger charge is 1.99. The minimum absolute atomic E-state index is 0.324. The highest BCUT2D eigenvalue weighted by atomic mass is 17.1. The van der Waals surface area contributed by atoms with Gasteiger partial charge in [0.1, 0.15) is 0 Å². The van der Waals surface area contributed by atoms with E-state index in [1.54, 1.807) is 24.3 Å². The maximum atomic E-state index is 8.27. The van der Waals surface area contributed by atoms with Crippen LogP contribution in [0.4, 0.5) is 0 Å². The Morgan fingerprint density at radius 1 is 1.20 bits per heavy atom. The van der Waals surface area contributed by atoms with Crippen LogP contribution in [0, 0.1) is 0 Å². The van der Waals surface area contributed by atoms with Crippen molar-refractivity contribution in [3.05, 3.63) is 24.3 Å². The Labute approximate surface area is 58.7 Å². The molecule has 0 fully saturated rings. The van der Waals surface area contributed by atoms with Gasteiger partial charge in [0, 0.05) is 0 Å². The summed E-state index contributed by atoms with van der Waals surface area (Å²) in [5.74, 6) is 0.843. The lowest BCUT2D eigenvalue weighted by Crippen LogP contribution is -1.88. The summed E-state index contributed by atoms with van der Waals surface area (Å²) >= 11 is 0. The van der Waals surface area contributed by atoms with Crippen molar-refractivity contribution in [2.24, 2.45) is 0 Å². The van der Waals surface area contributed by atoms with Crippen molar-refractivity contribution in [1.82, 2.24) is 0 Å². The first-order chi connectivity index (χ1) is 4.88. The molecule has 0 aromatic heterocycles. The molecule has 0 saturated carbocycles. The Hall–Kier alpha value is -1.22.